The third-order valence-electron chi connectivity index (χ3n) is 2.28. The van der Waals surface area contributed by atoms with Crippen LogP contribution in [0.4, 0.5) is 0 Å². The van der Waals surface area contributed by atoms with Gasteiger partial charge in [-0.2, -0.15) is 0 Å². The summed E-state index contributed by atoms with van der Waals surface area (Å²) in [5.74, 6) is 0.672. The van der Waals surface area contributed by atoms with Crippen molar-refractivity contribution in [2.45, 2.75) is 12.3 Å². The van der Waals surface area contributed by atoms with Crippen LogP contribution in [0.2, 0.25) is 0 Å². The van der Waals surface area contributed by atoms with Gasteiger partial charge in [-0.15, -0.1) is 0 Å². The van der Waals surface area contributed by atoms with Crippen LogP contribution in [-0.4, -0.2) is 18.1 Å². The van der Waals surface area contributed by atoms with Gasteiger partial charge in [0.05, 0.1) is 0 Å². The third kappa shape index (κ3) is 1.67. The van der Waals surface area contributed by atoms with E-state index in [2.05, 4.69) is 32.3 Å². The lowest BCUT2D eigenvalue weighted by molar-refractivity contribution is 0.758. The van der Waals surface area contributed by atoms with E-state index < -0.39 is 0 Å². The Labute approximate surface area is 80.5 Å². The molecule has 2 rings (SSSR count). The van der Waals surface area contributed by atoms with Crippen LogP contribution in [0.1, 0.15) is 17.9 Å². The number of aromatic nitrogens is 1. The molecular weight excluding hydrogens is 216 g/mol. The molecule has 1 aromatic heterocycles. The maximum Gasteiger partial charge on any atom is 0.106 e. The summed E-state index contributed by atoms with van der Waals surface area (Å²) in [5, 5.41) is 3.35. The van der Waals surface area contributed by atoms with Gasteiger partial charge < -0.3 is 5.32 Å². The second-order valence-corrected chi connectivity index (χ2v) is 3.92. The van der Waals surface area contributed by atoms with Gasteiger partial charge in [-0.3, -0.25) is 0 Å². The zero-order chi connectivity index (χ0) is 8.39. The van der Waals surface area contributed by atoms with Crippen molar-refractivity contribution in [3.8, 4) is 0 Å². The fourth-order valence-corrected chi connectivity index (χ4v) is 1.80. The van der Waals surface area contributed by atoms with Gasteiger partial charge in [-0.1, -0.05) is 6.07 Å². The smallest absolute Gasteiger partial charge is 0.106 e. The Balaban J connectivity index is 2.17. The first-order valence-electron chi connectivity index (χ1n) is 4.18. The minimum atomic E-state index is 0.672. The summed E-state index contributed by atoms with van der Waals surface area (Å²) in [6, 6.07) is 4.16. The third-order valence-corrected chi connectivity index (χ3v) is 2.75. The first kappa shape index (κ1) is 8.20. The van der Waals surface area contributed by atoms with Crippen LogP contribution in [0.5, 0.6) is 0 Å². The van der Waals surface area contributed by atoms with E-state index in [0.717, 1.165) is 17.7 Å². The molecule has 2 nitrogen and oxygen atoms in total. The maximum absolute atomic E-state index is 4.21. The predicted molar refractivity (Wildman–Crippen MR) is 52.2 cm³/mol. The molecule has 2 heterocycles. The van der Waals surface area contributed by atoms with Crippen LogP contribution in [0, 0.1) is 0 Å². The lowest BCUT2D eigenvalue weighted by Gasteiger charge is -2.06. The van der Waals surface area contributed by atoms with Gasteiger partial charge in [-0.05, 0) is 46.4 Å². The Morgan fingerprint density at radius 2 is 2.42 bits per heavy atom. The molecule has 0 aliphatic carbocycles. The van der Waals surface area contributed by atoms with Gasteiger partial charge in [-0.25, -0.2) is 4.98 Å². The molecule has 1 aliphatic heterocycles. The molecule has 3 heteroatoms. The first-order chi connectivity index (χ1) is 5.86. The van der Waals surface area contributed by atoms with Gasteiger partial charge in [0, 0.05) is 12.7 Å². The van der Waals surface area contributed by atoms with E-state index in [9.17, 15) is 0 Å². The number of rotatable bonds is 1. The van der Waals surface area contributed by atoms with Crippen molar-refractivity contribution in [2.24, 2.45) is 0 Å². The average molecular weight is 227 g/mol. The molecule has 1 atom stereocenters. The number of nitrogens with one attached hydrogen (secondary N) is 1. The Morgan fingerprint density at radius 3 is 3.00 bits per heavy atom. The Morgan fingerprint density at radius 1 is 1.50 bits per heavy atom. The minimum absolute atomic E-state index is 0.672. The summed E-state index contributed by atoms with van der Waals surface area (Å²) >= 11 is 3.33. The Kier molecular flexibility index (Phi) is 2.42. The SMILES string of the molecule is Brc1ccc(C2CCNC2)cn1. The van der Waals surface area contributed by atoms with Crippen molar-refractivity contribution in [1.29, 1.82) is 0 Å². The van der Waals surface area contributed by atoms with Crippen LogP contribution >= 0.6 is 15.9 Å². The fraction of sp³-hybridized carbons (Fsp3) is 0.444. The van der Waals surface area contributed by atoms with Crippen LogP contribution < -0.4 is 5.32 Å². The second-order valence-electron chi connectivity index (χ2n) is 3.10. The summed E-state index contributed by atoms with van der Waals surface area (Å²) in [4.78, 5) is 4.21. The number of halogens is 1. The topological polar surface area (TPSA) is 24.9 Å². The lowest BCUT2D eigenvalue weighted by Crippen LogP contribution is -2.07. The zero-order valence-corrected chi connectivity index (χ0v) is 8.34. The normalized spacial score (nSPS) is 22.9. The maximum atomic E-state index is 4.21. The van der Waals surface area contributed by atoms with E-state index in [-0.39, 0.29) is 0 Å². The van der Waals surface area contributed by atoms with Crippen molar-refractivity contribution >= 4 is 15.9 Å². The average Bonchev–Trinajstić information content (AvgIpc) is 2.58. The fourth-order valence-electron chi connectivity index (χ4n) is 1.57. The van der Waals surface area contributed by atoms with Crippen LogP contribution in [-0.2, 0) is 0 Å². The second kappa shape index (κ2) is 3.54. The highest BCUT2D eigenvalue weighted by Gasteiger charge is 2.16. The molecule has 1 aromatic rings. The number of hydrogen-bond acceptors (Lipinski definition) is 2. The highest BCUT2D eigenvalue weighted by atomic mass is 79.9. The molecule has 0 spiro atoms. The standard InChI is InChI=1S/C9H11BrN2/c10-9-2-1-7(6-12-9)8-3-4-11-5-8/h1-2,6,8,11H,3-5H2. The molecular formula is C9H11BrN2. The van der Waals surface area contributed by atoms with E-state index >= 15 is 0 Å². The monoisotopic (exact) mass is 226 g/mol. The number of hydrogen-bond donors (Lipinski definition) is 1. The van der Waals surface area contributed by atoms with E-state index in [1.165, 1.54) is 12.0 Å². The van der Waals surface area contributed by atoms with Crippen LogP contribution in [0.15, 0.2) is 22.9 Å². The van der Waals surface area contributed by atoms with Gasteiger partial charge in [0.2, 0.25) is 0 Å². The number of nitrogens with zero attached hydrogens (tertiary/aromatic N) is 1. The highest BCUT2D eigenvalue weighted by Crippen LogP contribution is 2.21. The molecule has 0 aromatic carbocycles. The van der Waals surface area contributed by atoms with Gasteiger partial charge in [0.15, 0.2) is 0 Å². The van der Waals surface area contributed by atoms with E-state index in [0.29, 0.717) is 5.92 Å². The van der Waals surface area contributed by atoms with Crippen molar-refractivity contribution in [2.75, 3.05) is 13.1 Å². The first-order valence-corrected chi connectivity index (χ1v) is 4.98. The Bertz CT molecular complexity index is 252. The highest BCUT2D eigenvalue weighted by molar-refractivity contribution is 9.10. The van der Waals surface area contributed by atoms with Gasteiger partial charge in [0.1, 0.15) is 4.60 Å². The summed E-state index contributed by atoms with van der Waals surface area (Å²) < 4.78 is 0.914. The minimum Gasteiger partial charge on any atom is -0.316 e. The summed E-state index contributed by atoms with van der Waals surface area (Å²) in [7, 11) is 0. The molecule has 1 N–H and O–H groups in total. The molecule has 12 heavy (non-hydrogen) atoms. The molecule has 64 valence electrons. The molecule has 0 radical (unpaired) electrons. The van der Waals surface area contributed by atoms with Gasteiger partial charge >= 0.3 is 0 Å². The van der Waals surface area contributed by atoms with Crippen molar-refractivity contribution < 1.29 is 0 Å². The van der Waals surface area contributed by atoms with Crippen LogP contribution in [0.25, 0.3) is 0 Å². The van der Waals surface area contributed by atoms with Crippen molar-refractivity contribution in [1.82, 2.24) is 10.3 Å². The largest absolute Gasteiger partial charge is 0.316 e. The van der Waals surface area contributed by atoms with Crippen LogP contribution in [0.3, 0.4) is 0 Å². The molecule has 1 fully saturated rings. The molecule has 0 bridgehead atoms. The Hall–Kier alpha value is -0.410. The summed E-state index contributed by atoms with van der Waals surface area (Å²) in [5.41, 5.74) is 1.35. The van der Waals surface area contributed by atoms with E-state index in [4.69, 9.17) is 0 Å². The number of pyridine rings is 1. The summed E-state index contributed by atoms with van der Waals surface area (Å²) in [6.07, 6.45) is 3.20. The quantitative estimate of drug-likeness (QED) is 0.741. The molecule has 0 saturated carbocycles. The van der Waals surface area contributed by atoms with Crippen molar-refractivity contribution in [3.63, 3.8) is 0 Å². The molecule has 1 unspecified atom stereocenters. The van der Waals surface area contributed by atoms with Crippen molar-refractivity contribution in [3.05, 3.63) is 28.5 Å². The molecule has 0 amide bonds. The van der Waals surface area contributed by atoms with E-state index in [1.807, 2.05) is 12.3 Å². The molecule has 1 saturated heterocycles. The summed E-state index contributed by atoms with van der Waals surface area (Å²) in [6.45, 7) is 2.24. The van der Waals surface area contributed by atoms with Gasteiger partial charge in [0.25, 0.3) is 0 Å². The molecule has 1 aliphatic rings. The predicted octanol–water partition coefficient (Wildman–Crippen LogP) is 1.92. The zero-order valence-electron chi connectivity index (χ0n) is 6.76. The lowest BCUT2D eigenvalue weighted by atomic mass is 10.0. The van der Waals surface area contributed by atoms with E-state index in [1.54, 1.807) is 0 Å².